The van der Waals surface area contributed by atoms with Gasteiger partial charge in [-0.2, -0.15) is 0 Å². The van der Waals surface area contributed by atoms with E-state index in [4.69, 9.17) is 0 Å². The summed E-state index contributed by atoms with van der Waals surface area (Å²) in [7, 11) is 0. The Morgan fingerprint density at radius 3 is 2.62 bits per heavy atom. The highest BCUT2D eigenvalue weighted by Crippen LogP contribution is 2.52. The molecule has 1 heterocycles. The van der Waals surface area contributed by atoms with Gasteiger partial charge in [0.1, 0.15) is 0 Å². The van der Waals surface area contributed by atoms with Gasteiger partial charge in [-0.15, -0.1) is 5.10 Å². The van der Waals surface area contributed by atoms with Crippen molar-refractivity contribution in [1.82, 2.24) is 15.0 Å². The van der Waals surface area contributed by atoms with Gasteiger partial charge in [-0.05, 0) is 51.4 Å². The van der Waals surface area contributed by atoms with Crippen molar-refractivity contribution in [3.05, 3.63) is 11.4 Å². The molecule has 4 heteroatoms. The van der Waals surface area contributed by atoms with Crippen molar-refractivity contribution in [3.8, 4) is 0 Å². The van der Waals surface area contributed by atoms with Gasteiger partial charge in [-0.3, -0.25) is 0 Å². The van der Waals surface area contributed by atoms with E-state index in [9.17, 15) is 0 Å². The molecule has 1 aromatic heterocycles. The second-order valence-electron chi connectivity index (χ2n) is 5.37. The zero-order valence-electron chi connectivity index (χ0n) is 9.86. The summed E-state index contributed by atoms with van der Waals surface area (Å²) < 4.78 is 3.06. The summed E-state index contributed by atoms with van der Waals surface area (Å²) in [5, 5.41) is 8.67. The standard InChI is InChI=1S/C12H18IN3/c1-7(2)16-11-6-4-9-8(12(9)13)3-5-10(11)14-15-16/h7-9,12H,3-6H2,1-2H3/t8-,9+,12?/m0/s1. The second kappa shape index (κ2) is 3.96. The average Bonchev–Trinajstić information content (AvgIpc) is 2.67. The molecule has 0 aliphatic heterocycles. The molecule has 0 saturated heterocycles. The lowest BCUT2D eigenvalue weighted by atomic mass is 10.0. The first-order valence-electron chi connectivity index (χ1n) is 6.25. The summed E-state index contributed by atoms with van der Waals surface area (Å²) in [4.78, 5) is 0. The maximum Gasteiger partial charge on any atom is 0.0859 e. The highest BCUT2D eigenvalue weighted by Gasteiger charge is 2.48. The van der Waals surface area contributed by atoms with Crippen molar-refractivity contribution >= 4 is 22.6 Å². The van der Waals surface area contributed by atoms with Crippen molar-refractivity contribution in [2.45, 2.75) is 49.5 Å². The van der Waals surface area contributed by atoms with E-state index in [0.29, 0.717) is 6.04 Å². The molecule has 2 aliphatic carbocycles. The van der Waals surface area contributed by atoms with Crippen LogP contribution in [0.2, 0.25) is 0 Å². The van der Waals surface area contributed by atoms with Crippen LogP contribution in [0.3, 0.4) is 0 Å². The molecule has 0 amide bonds. The molecule has 0 N–H and O–H groups in total. The molecular weight excluding hydrogens is 313 g/mol. The molecule has 3 nitrogen and oxygen atoms in total. The summed E-state index contributed by atoms with van der Waals surface area (Å²) in [5.41, 5.74) is 2.67. The minimum Gasteiger partial charge on any atom is -0.247 e. The van der Waals surface area contributed by atoms with Crippen LogP contribution in [-0.2, 0) is 12.8 Å². The molecule has 3 rings (SSSR count). The predicted octanol–water partition coefficient (Wildman–Crippen LogP) is 2.79. The largest absolute Gasteiger partial charge is 0.247 e. The number of hydrogen-bond donors (Lipinski definition) is 0. The molecule has 0 aromatic carbocycles. The van der Waals surface area contributed by atoms with E-state index >= 15 is 0 Å². The SMILES string of the molecule is CC(C)n1nnc2c1CC[C@H]1C(I)[C@H]1CC2. The molecule has 0 spiro atoms. The fourth-order valence-corrected chi connectivity index (χ4v) is 4.51. The first-order valence-corrected chi connectivity index (χ1v) is 7.50. The molecule has 88 valence electrons. The molecule has 0 bridgehead atoms. The van der Waals surface area contributed by atoms with Crippen molar-refractivity contribution in [1.29, 1.82) is 0 Å². The van der Waals surface area contributed by atoms with Crippen LogP contribution in [0.5, 0.6) is 0 Å². The maximum atomic E-state index is 4.37. The number of aryl methyl sites for hydroxylation is 1. The third-order valence-electron chi connectivity index (χ3n) is 4.02. The Balaban J connectivity index is 1.87. The first kappa shape index (κ1) is 11.0. The topological polar surface area (TPSA) is 30.7 Å². The Morgan fingerprint density at radius 1 is 1.25 bits per heavy atom. The molecule has 1 fully saturated rings. The number of rotatable bonds is 1. The number of hydrogen-bond acceptors (Lipinski definition) is 2. The van der Waals surface area contributed by atoms with Crippen molar-refractivity contribution < 1.29 is 0 Å². The van der Waals surface area contributed by atoms with Gasteiger partial charge in [0.2, 0.25) is 0 Å². The molecule has 1 unspecified atom stereocenters. The lowest BCUT2D eigenvalue weighted by Gasteiger charge is -2.12. The van der Waals surface area contributed by atoms with Gasteiger partial charge in [0.25, 0.3) is 0 Å². The number of aromatic nitrogens is 3. The molecule has 1 aromatic rings. The molecule has 2 aliphatic rings. The zero-order chi connectivity index (χ0) is 11.3. The summed E-state index contributed by atoms with van der Waals surface area (Å²) >= 11 is 2.63. The van der Waals surface area contributed by atoms with Crippen LogP contribution in [0.1, 0.15) is 44.1 Å². The van der Waals surface area contributed by atoms with Crippen LogP contribution in [0.15, 0.2) is 0 Å². The lowest BCUT2D eigenvalue weighted by Crippen LogP contribution is -2.10. The van der Waals surface area contributed by atoms with Gasteiger partial charge in [-0.1, -0.05) is 27.8 Å². The van der Waals surface area contributed by atoms with Crippen LogP contribution >= 0.6 is 22.6 Å². The van der Waals surface area contributed by atoms with Crippen LogP contribution in [0.25, 0.3) is 0 Å². The average molecular weight is 331 g/mol. The lowest BCUT2D eigenvalue weighted by molar-refractivity contribution is 0.482. The first-order chi connectivity index (χ1) is 7.68. The normalized spacial score (nSPS) is 32.9. The van der Waals surface area contributed by atoms with Gasteiger partial charge < -0.3 is 0 Å². The van der Waals surface area contributed by atoms with Gasteiger partial charge in [0.15, 0.2) is 0 Å². The number of alkyl halides is 1. The Labute approximate surface area is 110 Å². The molecular formula is C12H18IN3. The smallest absolute Gasteiger partial charge is 0.0859 e. The van der Waals surface area contributed by atoms with Crippen LogP contribution in [0.4, 0.5) is 0 Å². The number of nitrogens with zero attached hydrogens (tertiary/aromatic N) is 3. The van der Waals surface area contributed by atoms with Crippen molar-refractivity contribution in [2.24, 2.45) is 11.8 Å². The van der Waals surface area contributed by atoms with E-state index in [-0.39, 0.29) is 0 Å². The van der Waals surface area contributed by atoms with Crippen LogP contribution in [0, 0.1) is 11.8 Å². The van der Waals surface area contributed by atoms with Crippen molar-refractivity contribution in [3.63, 3.8) is 0 Å². The highest BCUT2D eigenvalue weighted by atomic mass is 127. The Morgan fingerprint density at radius 2 is 1.94 bits per heavy atom. The van der Waals surface area contributed by atoms with E-state index < -0.39 is 0 Å². The minimum atomic E-state index is 0.445. The summed E-state index contributed by atoms with van der Waals surface area (Å²) in [6.45, 7) is 4.38. The predicted molar refractivity (Wildman–Crippen MR) is 71.8 cm³/mol. The quantitative estimate of drug-likeness (QED) is 0.585. The number of fused-ring (bicyclic) bond motifs is 2. The van der Waals surface area contributed by atoms with Gasteiger partial charge in [0.05, 0.1) is 11.4 Å². The minimum absolute atomic E-state index is 0.445. The highest BCUT2D eigenvalue weighted by molar-refractivity contribution is 14.1. The maximum absolute atomic E-state index is 4.37. The third-order valence-corrected chi connectivity index (χ3v) is 5.86. The Hall–Kier alpha value is -0.130. The summed E-state index contributed by atoms with van der Waals surface area (Å²) in [6.07, 6.45) is 4.98. The summed E-state index contributed by atoms with van der Waals surface area (Å²) in [6, 6.07) is 0.445. The van der Waals surface area contributed by atoms with E-state index in [0.717, 1.165) is 22.2 Å². The van der Waals surface area contributed by atoms with Gasteiger partial charge in [-0.25, -0.2) is 4.68 Å². The molecule has 1 saturated carbocycles. The van der Waals surface area contributed by atoms with E-state index in [1.54, 1.807) is 0 Å². The van der Waals surface area contributed by atoms with Gasteiger partial charge in [0, 0.05) is 9.97 Å². The van der Waals surface area contributed by atoms with E-state index in [1.807, 2.05) is 0 Å². The van der Waals surface area contributed by atoms with Gasteiger partial charge >= 0.3 is 0 Å². The zero-order valence-corrected chi connectivity index (χ0v) is 12.0. The molecule has 16 heavy (non-hydrogen) atoms. The third kappa shape index (κ3) is 1.69. The molecule has 0 radical (unpaired) electrons. The Kier molecular flexibility index (Phi) is 2.72. The second-order valence-corrected chi connectivity index (χ2v) is 6.81. The van der Waals surface area contributed by atoms with Crippen LogP contribution in [-0.4, -0.2) is 18.9 Å². The number of halogens is 1. The monoisotopic (exact) mass is 331 g/mol. The van der Waals surface area contributed by atoms with E-state index in [2.05, 4.69) is 51.4 Å². The fraction of sp³-hybridized carbons (Fsp3) is 0.833. The molecule has 3 atom stereocenters. The van der Waals surface area contributed by atoms with Crippen molar-refractivity contribution in [2.75, 3.05) is 0 Å². The Bertz CT molecular complexity index is 399. The fourth-order valence-electron chi connectivity index (χ4n) is 2.97. The summed E-state index contributed by atoms with van der Waals surface area (Å²) in [5.74, 6) is 1.95. The van der Waals surface area contributed by atoms with E-state index in [1.165, 1.54) is 30.7 Å². The van der Waals surface area contributed by atoms with Crippen LogP contribution < -0.4 is 0 Å².